The molecule has 0 spiro atoms. The number of nitro groups is 2. The van der Waals surface area contributed by atoms with Crippen LogP contribution in [0, 0.1) is 20.2 Å². The lowest BCUT2D eigenvalue weighted by atomic mass is 10.3. The highest BCUT2D eigenvalue weighted by Gasteiger charge is 2.12. The van der Waals surface area contributed by atoms with Crippen LogP contribution in [0.15, 0.2) is 46.4 Å². The van der Waals surface area contributed by atoms with Gasteiger partial charge in [-0.15, -0.1) is 0 Å². The molecule has 10 nitrogen and oxygen atoms in total. The molecule has 14 heteroatoms. The summed E-state index contributed by atoms with van der Waals surface area (Å²) in [4.78, 5) is 27.8. The third kappa shape index (κ3) is 7.83. The number of hydrogen-bond acceptors (Lipinski definition) is 8. The minimum atomic E-state index is -0.558. The standard InChI is InChI=1S/C10H11ClN4O2.C7H3Cl3N2O2/c11-8-3-2-7(15(16)17)6-9(8)14-10-12-4-1-5-13-10;8-5-2-1-4(12(13)14)3-6(5)11-7(9)10/h2-3,6H,1,4-5H2,(H2,12,13,14);1-3H. The van der Waals surface area contributed by atoms with E-state index in [0.29, 0.717) is 16.7 Å². The molecule has 2 aromatic carbocycles. The lowest BCUT2D eigenvalue weighted by molar-refractivity contribution is -0.385. The Bertz CT molecular complexity index is 1040. The van der Waals surface area contributed by atoms with E-state index in [1.807, 2.05) is 0 Å². The van der Waals surface area contributed by atoms with Crippen LogP contribution in [-0.2, 0) is 0 Å². The number of aliphatic imine (C=N–C) groups is 2. The van der Waals surface area contributed by atoms with Crippen LogP contribution >= 0.6 is 46.4 Å². The summed E-state index contributed by atoms with van der Waals surface area (Å²) in [5, 5.41) is 27.7. The van der Waals surface area contributed by atoms with E-state index in [9.17, 15) is 20.2 Å². The van der Waals surface area contributed by atoms with Crippen molar-refractivity contribution >= 4 is 79.7 Å². The lowest BCUT2D eigenvalue weighted by Crippen LogP contribution is -2.35. The molecule has 0 radical (unpaired) electrons. The maximum atomic E-state index is 10.6. The fourth-order valence-corrected chi connectivity index (χ4v) is 2.76. The number of anilines is 1. The number of benzene rings is 2. The van der Waals surface area contributed by atoms with Crippen molar-refractivity contribution in [3.05, 3.63) is 66.7 Å². The van der Waals surface area contributed by atoms with Crippen molar-refractivity contribution in [2.75, 3.05) is 18.4 Å². The Kier molecular flexibility index (Phi) is 9.25. The van der Waals surface area contributed by atoms with Gasteiger partial charge in [-0.1, -0.05) is 23.2 Å². The van der Waals surface area contributed by atoms with Crippen LogP contribution in [0.1, 0.15) is 6.42 Å². The summed E-state index contributed by atoms with van der Waals surface area (Å²) < 4.78 is -0.257. The summed E-state index contributed by atoms with van der Waals surface area (Å²) in [6, 6.07) is 8.06. The Morgan fingerprint density at radius 1 is 1.03 bits per heavy atom. The predicted molar refractivity (Wildman–Crippen MR) is 124 cm³/mol. The summed E-state index contributed by atoms with van der Waals surface area (Å²) in [5.41, 5.74) is 0.519. The summed E-state index contributed by atoms with van der Waals surface area (Å²) >= 11 is 22.3. The highest BCUT2D eigenvalue weighted by molar-refractivity contribution is 6.95. The van der Waals surface area contributed by atoms with Gasteiger partial charge in [-0.3, -0.25) is 25.2 Å². The molecule has 0 aliphatic carbocycles. The van der Waals surface area contributed by atoms with Crippen molar-refractivity contribution < 1.29 is 9.85 Å². The van der Waals surface area contributed by atoms with Gasteiger partial charge in [-0.05, 0) is 41.8 Å². The number of halogens is 4. The largest absolute Gasteiger partial charge is 0.356 e. The molecule has 3 rings (SSSR count). The van der Waals surface area contributed by atoms with E-state index in [0.717, 1.165) is 19.5 Å². The predicted octanol–water partition coefficient (Wildman–Crippen LogP) is 5.72. The van der Waals surface area contributed by atoms with E-state index in [1.54, 1.807) is 0 Å². The van der Waals surface area contributed by atoms with Crippen LogP contribution < -0.4 is 10.6 Å². The fourth-order valence-electron chi connectivity index (χ4n) is 2.26. The molecule has 0 atom stereocenters. The van der Waals surface area contributed by atoms with Gasteiger partial charge in [-0.2, -0.15) is 0 Å². The molecule has 1 heterocycles. The summed E-state index contributed by atoms with van der Waals surface area (Å²) in [6.45, 7) is 1.57. The van der Waals surface area contributed by atoms with Gasteiger partial charge in [0.15, 0.2) is 10.6 Å². The lowest BCUT2D eigenvalue weighted by Gasteiger charge is -2.16. The zero-order valence-corrected chi connectivity index (χ0v) is 18.5. The van der Waals surface area contributed by atoms with Crippen LogP contribution in [0.5, 0.6) is 0 Å². The van der Waals surface area contributed by atoms with E-state index >= 15 is 0 Å². The van der Waals surface area contributed by atoms with Gasteiger partial charge in [0.1, 0.15) is 0 Å². The molecule has 2 aromatic rings. The monoisotopic (exact) mass is 506 g/mol. The Labute approximate surface area is 196 Å². The number of nitrogens with zero attached hydrogens (tertiary/aromatic N) is 4. The topological polar surface area (TPSA) is 135 Å². The Morgan fingerprint density at radius 2 is 1.65 bits per heavy atom. The Balaban J connectivity index is 0.000000225. The summed E-state index contributed by atoms with van der Waals surface area (Å²) in [5.74, 6) is 0.596. The van der Waals surface area contributed by atoms with Crippen LogP contribution in [0.4, 0.5) is 22.7 Å². The van der Waals surface area contributed by atoms with Gasteiger partial charge in [0.25, 0.3) is 11.4 Å². The molecule has 164 valence electrons. The number of non-ortho nitro benzene ring substituents is 2. The molecular formula is C17H14Cl4N6O4. The van der Waals surface area contributed by atoms with Crippen molar-refractivity contribution in [2.45, 2.75) is 6.42 Å². The van der Waals surface area contributed by atoms with Crippen molar-refractivity contribution in [1.82, 2.24) is 5.32 Å². The quantitative estimate of drug-likeness (QED) is 0.308. The third-order valence-electron chi connectivity index (χ3n) is 3.66. The number of hydrogen-bond donors (Lipinski definition) is 2. The molecule has 1 aliphatic rings. The zero-order valence-electron chi connectivity index (χ0n) is 15.5. The first kappa shape index (κ1) is 24.6. The van der Waals surface area contributed by atoms with Gasteiger partial charge in [0, 0.05) is 37.4 Å². The first-order chi connectivity index (χ1) is 14.7. The normalized spacial score (nSPS) is 12.5. The van der Waals surface area contributed by atoms with E-state index < -0.39 is 9.85 Å². The van der Waals surface area contributed by atoms with Gasteiger partial charge in [-0.25, -0.2) is 4.99 Å². The second-order valence-electron chi connectivity index (χ2n) is 5.80. The number of rotatable bonds is 4. The van der Waals surface area contributed by atoms with Crippen molar-refractivity contribution in [3.8, 4) is 0 Å². The van der Waals surface area contributed by atoms with E-state index in [4.69, 9.17) is 46.4 Å². The molecule has 0 amide bonds. The SMILES string of the molecule is O=[N+]([O-])c1ccc(Cl)c(N=C(Cl)Cl)c1.O=[N+]([O-])c1ccc(Cl)c(NC2=NCCCN2)c1. The first-order valence-corrected chi connectivity index (χ1v) is 10.0. The average Bonchev–Trinajstić information content (AvgIpc) is 2.72. The molecule has 0 fully saturated rings. The van der Waals surface area contributed by atoms with E-state index in [1.165, 1.54) is 36.4 Å². The van der Waals surface area contributed by atoms with E-state index in [2.05, 4.69) is 20.6 Å². The number of nitro benzene ring substituents is 2. The van der Waals surface area contributed by atoms with Crippen LogP contribution in [-0.4, -0.2) is 33.5 Å². The van der Waals surface area contributed by atoms with Crippen molar-refractivity contribution in [2.24, 2.45) is 9.98 Å². The Hall–Kier alpha value is -2.66. The molecule has 0 saturated heterocycles. The molecule has 0 aromatic heterocycles. The van der Waals surface area contributed by atoms with Crippen LogP contribution in [0.2, 0.25) is 10.0 Å². The molecule has 0 saturated carbocycles. The third-order valence-corrected chi connectivity index (χ3v) is 4.47. The van der Waals surface area contributed by atoms with Gasteiger partial charge >= 0.3 is 0 Å². The average molecular weight is 508 g/mol. The summed E-state index contributed by atoms with van der Waals surface area (Å²) in [7, 11) is 0. The van der Waals surface area contributed by atoms with E-state index in [-0.39, 0.29) is 26.7 Å². The minimum absolute atomic E-state index is 0.00619. The number of guanidine groups is 1. The molecule has 2 N–H and O–H groups in total. The highest BCUT2D eigenvalue weighted by atomic mass is 35.5. The molecule has 0 bridgehead atoms. The maximum absolute atomic E-state index is 10.6. The highest BCUT2D eigenvalue weighted by Crippen LogP contribution is 2.30. The van der Waals surface area contributed by atoms with Gasteiger partial charge in [0.2, 0.25) is 0 Å². The second-order valence-corrected chi connectivity index (χ2v) is 7.53. The van der Waals surface area contributed by atoms with Crippen molar-refractivity contribution in [3.63, 3.8) is 0 Å². The zero-order chi connectivity index (χ0) is 23.0. The maximum Gasteiger partial charge on any atom is 0.271 e. The summed E-state index contributed by atoms with van der Waals surface area (Å²) in [6.07, 6.45) is 0.980. The molecule has 31 heavy (non-hydrogen) atoms. The van der Waals surface area contributed by atoms with Crippen LogP contribution in [0.3, 0.4) is 0 Å². The molecule has 1 aliphatic heterocycles. The van der Waals surface area contributed by atoms with Crippen molar-refractivity contribution in [1.29, 1.82) is 0 Å². The first-order valence-electron chi connectivity index (χ1n) is 8.50. The second kappa shape index (κ2) is 11.7. The molecular weight excluding hydrogens is 494 g/mol. The Morgan fingerprint density at radius 3 is 2.19 bits per heavy atom. The number of nitrogens with one attached hydrogen (secondary N) is 2. The van der Waals surface area contributed by atoms with Gasteiger partial charge < -0.3 is 10.6 Å². The van der Waals surface area contributed by atoms with Crippen LogP contribution in [0.25, 0.3) is 0 Å². The fraction of sp³-hybridized carbons (Fsp3) is 0.176. The smallest absolute Gasteiger partial charge is 0.271 e. The minimum Gasteiger partial charge on any atom is -0.356 e. The van der Waals surface area contributed by atoms with Gasteiger partial charge in [0.05, 0.1) is 31.3 Å². The molecule has 0 unspecified atom stereocenters.